The number of hydrogen-bond acceptors (Lipinski definition) is 3. The van der Waals surface area contributed by atoms with Gasteiger partial charge in [0.15, 0.2) is 0 Å². The third-order valence-corrected chi connectivity index (χ3v) is 7.18. The van der Waals surface area contributed by atoms with Gasteiger partial charge in [0.2, 0.25) is 10.0 Å². The van der Waals surface area contributed by atoms with Gasteiger partial charge in [0.25, 0.3) is 0 Å². The first-order valence-corrected chi connectivity index (χ1v) is 10.2. The molecule has 0 saturated carbocycles. The molecule has 2 aromatic carbocycles. The number of rotatable bonds is 3. The molecule has 1 saturated heterocycles. The molecule has 27 heavy (non-hydrogen) atoms. The van der Waals surface area contributed by atoms with Crippen LogP contribution in [-0.4, -0.2) is 38.9 Å². The highest BCUT2D eigenvalue weighted by atomic mass is 35.5. The van der Waals surface area contributed by atoms with Crippen molar-refractivity contribution < 1.29 is 21.6 Å². The molecular formula is C17H15Cl2F3N2O2S. The van der Waals surface area contributed by atoms with E-state index in [2.05, 4.69) is 0 Å². The van der Waals surface area contributed by atoms with Crippen molar-refractivity contribution in [2.24, 2.45) is 0 Å². The molecule has 0 atom stereocenters. The second-order valence-corrected chi connectivity index (χ2v) is 8.68. The molecule has 3 rings (SSSR count). The highest BCUT2D eigenvalue weighted by Crippen LogP contribution is 2.33. The van der Waals surface area contributed by atoms with E-state index >= 15 is 0 Å². The minimum atomic E-state index is -4.43. The molecule has 0 spiro atoms. The Morgan fingerprint density at radius 2 is 1.56 bits per heavy atom. The predicted octanol–water partition coefficient (Wildman–Crippen LogP) is 4.52. The van der Waals surface area contributed by atoms with E-state index in [1.165, 1.54) is 28.6 Å². The standard InChI is InChI=1S/C17H15Cl2F3N2O2S/c18-14-5-2-6-15(16(14)19)27(25,26)24-9-7-23(8-10-24)13-4-1-3-12(11-13)17(20,21)22/h1-6,11H,7-10H2. The Labute approximate surface area is 165 Å². The number of piperazine rings is 1. The first kappa shape index (κ1) is 20.3. The van der Waals surface area contributed by atoms with E-state index in [-0.39, 0.29) is 41.1 Å². The van der Waals surface area contributed by atoms with Gasteiger partial charge in [0, 0.05) is 31.9 Å². The van der Waals surface area contributed by atoms with Crippen molar-refractivity contribution in [1.29, 1.82) is 0 Å². The Balaban J connectivity index is 1.77. The molecule has 1 aliphatic heterocycles. The van der Waals surface area contributed by atoms with E-state index in [1.54, 1.807) is 11.0 Å². The molecule has 10 heteroatoms. The van der Waals surface area contributed by atoms with Gasteiger partial charge in [0.05, 0.1) is 15.6 Å². The molecule has 0 unspecified atom stereocenters. The molecule has 0 bridgehead atoms. The molecule has 1 aliphatic rings. The number of nitrogens with zero attached hydrogens (tertiary/aromatic N) is 2. The monoisotopic (exact) mass is 438 g/mol. The summed E-state index contributed by atoms with van der Waals surface area (Å²) in [6.45, 7) is 0.778. The zero-order valence-corrected chi connectivity index (χ0v) is 16.2. The van der Waals surface area contributed by atoms with E-state index in [1.807, 2.05) is 0 Å². The van der Waals surface area contributed by atoms with Crippen LogP contribution in [0.4, 0.5) is 18.9 Å². The molecule has 0 N–H and O–H groups in total. The van der Waals surface area contributed by atoms with Gasteiger partial charge in [0.1, 0.15) is 4.90 Å². The molecule has 1 fully saturated rings. The Bertz CT molecular complexity index is 943. The van der Waals surface area contributed by atoms with Gasteiger partial charge in [-0.2, -0.15) is 17.5 Å². The number of benzene rings is 2. The molecular weight excluding hydrogens is 424 g/mol. The van der Waals surface area contributed by atoms with Gasteiger partial charge in [-0.3, -0.25) is 0 Å². The van der Waals surface area contributed by atoms with Crippen molar-refractivity contribution in [3.05, 3.63) is 58.1 Å². The number of sulfonamides is 1. The Hall–Kier alpha value is -1.48. The first-order chi connectivity index (χ1) is 12.6. The third-order valence-electron chi connectivity index (χ3n) is 4.31. The fourth-order valence-corrected chi connectivity index (χ4v) is 5.05. The lowest BCUT2D eigenvalue weighted by Crippen LogP contribution is -2.48. The first-order valence-electron chi connectivity index (χ1n) is 7.97. The lowest BCUT2D eigenvalue weighted by molar-refractivity contribution is -0.137. The summed E-state index contributed by atoms with van der Waals surface area (Å²) in [5.74, 6) is 0. The van der Waals surface area contributed by atoms with Crippen LogP contribution in [0.25, 0.3) is 0 Å². The van der Waals surface area contributed by atoms with Crippen LogP contribution < -0.4 is 4.90 Å². The minimum absolute atomic E-state index is 0.0422. The van der Waals surface area contributed by atoms with Crippen molar-refractivity contribution in [2.45, 2.75) is 11.1 Å². The van der Waals surface area contributed by atoms with Crippen LogP contribution in [0.1, 0.15) is 5.56 Å². The number of hydrogen-bond donors (Lipinski definition) is 0. The average Bonchev–Trinajstić information content (AvgIpc) is 2.63. The second-order valence-electron chi connectivity index (χ2n) is 5.99. The van der Waals surface area contributed by atoms with Gasteiger partial charge in [-0.25, -0.2) is 8.42 Å². The van der Waals surface area contributed by atoms with E-state index in [0.717, 1.165) is 12.1 Å². The SMILES string of the molecule is O=S(=O)(c1cccc(Cl)c1Cl)N1CCN(c2cccc(C(F)(F)F)c2)CC1. The van der Waals surface area contributed by atoms with Gasteiger partial charge in [-0.15, -0.1) is 0 Å². The van der Waals surface area contributed by atoms with Gasteiger partial charge in [-0.1, -0.05) is 35.3 Å². The van der Waals surface area contributed by atoms with Crippen molar-refractivity contribution in [3.8, 4) is 0 Å². The van der Waals surface area contributed by atoms with Crippen molar-refractivity contribution in [3.63, 3.8) is 0 Å². The highest BCUT2D eigenvalue weighted by Gasteiger charge is 2.33. The van der Waals surface area contributed by atoms with Gasteiger partial charge < -0.3 is 4.90 Å². The zero-order chi connectivity index (χ0) is 19.8. The summed E-state index contributed by atoms with van der Waals surface area (Å²) >= 11 is 11.9. The summed E-state index contributed by atoms with van der Waals surface area (Å²) in [6.07, 6.45) is -4.43. The molecule has 0 amide bonds. The lowest BCUT2D eigenvalue weighted by Gasteiger charge is -2.35. The fourth-order valence-electron chi connectivity index (χ4n) is 2.89. The molecule has 146 valence electrons. The summed E-state index contributed by atoms with van der Waals surface area (Å²) in [7, 11) is -3.84. The molecule has 1 heterocycles. The predicted molar refractivity (Wildman–Crippen MR) is 98.9 cm³/mol. The van der Waals surface area contributed by atoms with Crippen LogP contribution in [0.5, 0.6) is 0 Å². The molecule has 4 nitrogen and oxygen atoms in total. The maximum absolute atomic E-state index is 12.9. The normalized spacial score (nSPS) is 16.6. The number of alkyl halides is 3. The Morgan fingerprint density at radius 3 is 2.19 bits per heavy atom. The zero-order valence-electron chi connectivity index (χ0n) is 13.9. The van der Waals surface area contributed by atoms with Gasteiger partial charge >= 0.3 is 6.18 Å². The maximum atomic E-state index is 12.9. The van der Waals surface area contributed by atoms with Crippen LogP contribution in [0, 0.1) is 0 Å². The van der Waals surface area contributed by atoms with Gasteiger partial charge in [-0.05, 0) is 30.3 Å². The molecule has 0 radical (unpaired) electrons. The third kappa shape index (κ3) is 4.18. The average molecular weight is 439 g/mol. The maximum Gasteiger partial charge on any atom is 0.416 e. The van der Waals surface area contributed by atoms with E-state index in [9.17, 15) is 21.6 Å². The lowest BCUT2D eigenvalue weighted by atomic mass is 10.1. The van der Waals surface area contributed by atoms with Crippen LogP contribution in [0.3, 0.4) is 0 Å². The van der Waals surface area contributed by atoms with E-state index in [4.69, 9.17) is 23.2 Å². The molecule has 0 aromatic heterocycles. The van der Waals surface area contributed by atoms with Crippen LogP contribution >= 0.6 is 23.2 Å². The summed E-state index contributed by atoms with van der Waals surface area (Å²) in [5.41, 5.74) is -0.330. The van der Waals surface area contributed by atoms with Crippen molar-refractivity contribution in [1.82, 2.24) is 4.31 Å². The second kappa shape index (κ2) is 7.50. The van der Waals surface area contributed by atoms with Crippen molar-refractivity contribution >= 4 is 38.9 Å². The topological polar surface area (TPSA) is 40.6 Å². The highest BCUT2D eigenvalue weighted by molar-refractivity contribution is 7.89. The van der Waals surface area contributed by atoms with E-state index < -0.39 is 21.8 Å². The molecule has 2 aromatic rings. The number of anilines is 1. The summed E-state index contributed by atoms with van der Waals surface area (Å²) in [4.78, 5) is 1.64. The van der Waals surface area contributed by atoms with Crippen LogP contribution in [-0.2, 0) is 16.2 Å². The quantitative estimate of drug-likeness (QED) is 0.706. The van der Waals surface area contributed by atoms with Crippen LogP contribution in [0.15, 0.2) is 47.4 Å². The van der Waals surface area contributed by atoms with E-state index in [0.29, 0.717) is 5.69 Å². The smallest absolute Gasteiger partial charge is 0.369 e. The van der Waals surface area contributed by atoms with Crippen molar-refractivity contribution in [2.75, 3.05) is 31.1 Å². The Kier molecular flexibility index (Phi) is 5.63. The summed E-state index contributed by atoms with van der Waals surface area (Å²) in [6, 6.07) is 9.36. The Morgan fingerprint density at radius 1 is 0.926 bits per heavy atom. The van der Waals surface area contributed by atoms with Crippen LogP contribution in [0.2, 0.25) is 10.0 Å². The largest absolute Gasteiger partial charge is 0.416 e. The summed E-state index contributed by atoms with van der Waals surface area (Å²) in [5, 5.41) is 0.0971. The molecule has 0 aliphatic carbocycles. The summed E-state index contributed by atoms with van der Waals surface area (Å²) < 4.78 is 65.5. The fraction of sp³-hybridized carbons (Fsp3) is 0.294. The number of halogens is 5. The minimum Gasteiger partial charge on any atom is -0.369 e.